The van der Waals surface area contributed by atoms with Gasteiger partial charge in [-0.1, -0.05) is 76.2 Å². The van der Waals surface area contributed by atoms with Crippen molar-refractivity contribution < 1.29 is 29.0 Å². The Labute approximate surface area is 338 Å². The molecule has 5 N–H and O–H groups in total. The van der Waals surface area contributed by atoms with E-state index in [1.165, 1.54) is 0 Å². The molecule has 4 heterocycles. The van der Waals surface area contributed by atoms with E-state index >= 15 is 0 Å². The van der Waals surface area contributed by atoms with Crippen molar-refractivity contribution in [3.8, 4) is 33.6 Å². The molecule has 0 bridgehead atoms. The van der Waals surface area contributed by atoms with Crippen molar-refractivity contribution in [2.24, 2.45) is 23.7 Å². The van der Waals surface area contributed by atoms with Crippen molar-refractivity contribution in [3.05, 3.63) is 72.6 Å². The zero-order valence-corrected chi connectivity index (χ0v) is 34.2. The molecule has 14 nitrogen and oxygen atoms in total. The summed E-state index contributed by atoms with van der Waals surface area (Å²) in [5.74, 6) is 1.72. The number of nitrogens with one attached hydrogen (secondary N) is 4. The number of hydrogen-bond donors (Lipinski definition) is 5. The Morgan fingerprint density at radius 2 is 1.07 bits per heavy atom. The smallest absolute Gasteiger partial charge is 0.408 e. The van der Waals surface area contributed by atoms with Crippen LogP contribution < -0.4 is 10.6 Å². The normalized spacial score (nSPS) is 24.3. The number of benzene rings is 2. The predicted molar refractivity (Wildman–Crippen MR) is 217 cm³/mol. The van der Waals surface area contributed by atoms with E-state index in [9.17, 15) is 24.3 Å². The first kappa shape index (κ1) is 39.2. The summed E-state index contributed by atoms with van der Waals surface area (Å²) in [5.41, 5.74) is 4.90. The number of nitrogens with zero attached hydrogens (tertiary/aromatic N) is 4. The standard InChI is InChI=1S/C44H54N8O6/c1-22(2)36(49-42(55)56)40(53)51-32-16-28(32)18-34(51)38-45-20-30(47-38)26-12-8-24(9-13-26)25-10-14-27(15-11-25)31-21-46-39(48-31)35-19-29-17-33(29)52(35)41(54)37(23(3)4)50-43(57)58-44(5,6)7/h8-15,20-23,28-29,32-37,49H,16-19H2,1-7H3,(H,45,47)(H,46,48)(H,50,57)(H,55,56)/t28-,29?,32+,33?,34-,35?,36-,37-/m0/s1. The average molecular weight is 791 g/mol. The number of likely N-dealkylation sites (tertiary alicyclic amines) is 2. The number of amides is 4. The molecule has 2 saturated heterocycles. The van der Waals surface area contributed by atoms with Gasteiger partial charge in [-0.05, 0) is 81.3 Å². The molecule has 4 aliphatic rings. The van der Waals surface area contributed by atoms with Crippen molar-refractivity contribution in [2.75, 3.05) is 0 Å². The van der Waals surface area contributed by atoms with Crippen molar-refractivity contribution in [2.45, 2.75) is 116 Å². The largest absolute Gasteiger partial charge is 0.465 e. The third-order valence-electron chi connectivity index (χ3n) is 12.1. The van der Waals surface area contributed by atoms with Gasteiger partial charge in [0.25, 0.3) is 0 Å². The molecule has 2 aliphatic heterocycles. The quantitative estimate of drug-likeness (QED) is 0.105. The molecular formula is C44H54N8O6. The van der Waals surface area contributed by atoms with E-state index in [2.05, 4.69) is 44.9 Å². The monoisotopic (exact) mass is 790 g/mol. The molecule has 14 heteroatoms. The maximum atomic E-state index is 14.0. The predicted octanol–water partition coefficient (Wildman–Crippen LogP) is 7.30. The third-order valence-corrected chi connectivity index (χ3v) is 12.1. The lowest BCUT2D eigenvalue weighted by Crippen LogP contribution is -2.52. The number of rotatable bonds is 11. The molecule has 2 aromatic carbocycles. The molecule has 8 rings (SSSR count). The second kappa shape index (κ2) is 14.9. The zero-order valence-electron chi connectivity index (χ0n) is 34.2. The summed E-state index contributed by atoms with van der Waals surface area (Å²) < 4.78 is 5.47. The summed E-state index contributed by atoms with van der Waals surface area (Å²) in [6.45, 7) is 13.0. The molecule has 3 unspecified atom stereocenters. The first-order valence-corrected chi connectivity index (χ1v) is 20.5. The Bertz CT molecular complexity index is 2190. The second-order valence-corrected chi connectivity index (χ2v) is 18.2. The molecule has 8 atom stereocenters. The van der Waals surface area contributed by atoms with Crippen LogP contribution in [0.3, 0.4) is 0 Å². The number of hydrogen-bond acceptors (Lipinski definition) is 7. The van der Waals surface area contributed by atoms with Crippen molar-refractivity contribution in [3.63, 3.8) is 0 Å². The first-order valence-electron chi connectivity index (χ1n) is 20.5. The van der Waals surface area contributed by atoms with Crippen LogP contribution in [0.25, 0.3) is 33.6 Å². The molecular weight excluding hydrogens is 737 g/mol. The second-order valence-electron chi connectivity index (χ2n) is 18.2. The van der Waals surface area contributed by atoms with Gasteiger partial charge in [-0.15, -0.1) is 0 Å². The van der Waals surface area contributed by atoms with Crippen molar-refractivity contribution >= 4 is 24.0 Å². The van der Waals surface area contributed by atoms with Crippen LogP contribution in [0.15, 0.2) is 60.9 Å². The summed E-state index contributed by atoms with van der Waals surface area (Å²) in [6.07, 6.45) is 5.51. The minimum absolute atomic E-state index is 0.104. The molecule has 2 saturated carbocycles. The first-order chi connectivity index (χ1) is 27.6. The van der Waals surface area contributed by atoms with Crippen molar-refractivity contribution in [1.29, 1.82) is 0 Å². The Morgan fingerprint density at radius 1 is 0.672 bits per heavy atom. The number of carbonyl (C=O) groups excluding carboxylic acids is 3. The molecule has 306 valence electrons. The van der Waals surface area contributed by atoms with E-state index in [1.807, 2.05) is 74.2 Å². The van der Waals surface area contributed by atoms with Gasteiger partial charge in [0.1, 0.15) is 29.3 Å². The fraction of sp³-hybridized carbons (Fsp3) is 0.500. The number of carbonyl (C=O) groups is 4. The van der Waals surface area contributed by atoms with E-state index in [-0.39, 0.29) is 47.8 Å². The topological polar surface area (TPSA) is 186 Å². The lowest BCUT2D eigenvalue weighted by Gasteiger charge is -2.32. The highest BCUT2D eigenvalue weighted by molar-refractivity contribution is 5.88. The number of fused-ring (bicyclic) bond motifs is 2. The number of aromatic amines is 2. The molecule has 0 radical (unpaired) electrons. The Balaban J connectivity index is 0.924. The van der Waals surface area contributed by atoms with E-state index in [0.29, 0.717) is 17.7 Å². The number of carboxylic acid groups (broad SMARTS) is 1. The summed E-state index contributed by atoms with van der Waals surface area (Å²) in [4.78, 5) is 72.1. The lowest BCUT2D eigenvalue weighted by molar-refractivity contribution is -0.137. The van der Waals surface area contributed by atoms with Gasteiger partial charge >= 0.3 is 12.2 Å². The molecule has 2 aliphatic carbocycles. The molecule has 2 aromatic heterocycles. The minimum atomic E-state index is -1.20. The summed E-state index contributed by atoms with van der Waals surface area (Å²) in [6, 6.07) is 14.8. The van der Waals surface area contributed by atoms with Crippen LogP contribution in [0.1, 0.15) is 97.9 Å². The van der Waals surface area contributed by atoms with E-state index in [1.54, 1.807) is 20.8 Å². The Hall–Kier alpha value is -5.66. The number of aromatic nitrogens is 4. The Morgan fingerprint density at radius 3 is 1.45 bits per heavy atom. The fourth-order valence-corrected chi connectivity index (χ4v) is 8.93. The highest BCUT2D eigenvalue weighted by Gasteiger charge is 2.57. The molecule has 4 fully saturated rings. The minimum Gasteiger partial charge on any atom is -0.465 e. The summed E-state index contributed by atoms with van der Waals surface area (Å²) >= 11 is 0. The van der Waals surface area contributed by atoms with Gasteiger partial charge < -0.3 is 40.2 Å². The van der Waals surface area contributed by atoms with E-state index in [0.717, 1.165) is 65.1 Å². The van der Waals surface area contributed by atoms with Gasteiger partial charge in [0.15, 0.2) is 0 Å². The van der Waals surface area contributed by atoms with Gasteiger partial charge in [-0.2, -0.15) is 0 Å². The molecule has 4 amide bonds. The molecule has 4 aromatic rings. The highest BCUT2D eigenvalue weighted by Crippen LogP contribution is 2.54. The zero-order chi connectivity index (χ0) is 41.2. The lowest BCUT2D eigenvalue weighted by atomic mass is 10.0. The molecule has 0 spiro atoms. The SMILES string of the molecule is CC(C)[C@H](NC(=O)OC(C)(C)C)C(=O)N1C(c2nc(-c3ccc(-c4ccc(-c5c[nH]c([C@@H]6C[C@@H]7C[C@H]7N6C(=O)[C@@H](NC(=O)O)C(C)C)n5)cc4)cc3)c[nH]2)CC2CC21. The summed E-state index contributed by atoms with van der Waals surface area (Å²) in [7, 11) is 0. The van der Waals surface area contributed by atoms with Crippen LogP contribution in [0.2, 0.25) is 0 Å². The third kappa shape index (κ3) is 7.80. The number of imidazole rings is 2. The van der Waals surface area contributed by atoms with Crippen molar-refractivity contribution in [1.82, 2.24) is 40.4 Å². The van der Waals surface area contributed by atoms with Gasteiger partial charge in [0.2, 0.25) is 11.8 Å². The highest BCUT2D eigenvalue weighted by atomic mass is 16.6. The fourth-order valence-electron chi connectivity index (χ4n) is 8.93. The van der Waals surface area contributed by atoms with Crippen LogP contribution >= 0.6 is 0 Å². The van der Waals surface area contributed by atoms with Gasteiger partial charge in [0.05, 0.1) is 23.5 Å². The van der Waals surface area contributed by atoms with E-state index in [4.69, 9.17) is 14.7 Å². The average Bonchev–Trinajstić information content (AvgIpc) is 3.76. The Kier molecular flexibility index (Phi) is 10.1. The van der Waals surface area contributed by atoms with Crippen LogP contribution in [0.5, 0.6) is 0 Å². The van der Waals surface area contributed by atoms with Crippen LogP contribution in [0.4, 0.5) is 9.59 Å². The van der Waals surface area contributed by atoms with Gasteiger partial charge in [-0.3, -0.25) is 9.59 Å². The number of ether oxygens (including phenoxy) is 1. The van der Waals surface area contributed by atoms with Crippen LogP contribution in [-0.2, 0) is 14.3 Å². The van der Waals surface area contributed by atoms with Gasteiger partial charge in [-0.25, -0.2) is 19.6 Å². The van der Waals surface area contributed by atoms with Crippen LogP contribution in [-0.4, -0.2) is 88.6 Å². The van der Waals surface area contributed by atoms with E-state index < -0.39 is 29.9 Å². The maximum absolute atomic E-state index is 14.0. The van der Waals surface area contributed by atoms with Gasteiger partial charge in [0, 0.05) is 35.6 Å². The molecule has 58 heavy (non-hydrogen) atoms. The van der Waals surface area contributed by atoms with Crippen LogP contribution in [0, 0.1) is 23.7 Å². The summed E-state index contributed by atoms with van der Waals surface area (Å²) in [5, 5.41) is 14.6. The number of piperidine rings is 2. The number of H-pyrrole nitrogens is 2. The number of alkyl carbamates (subject to hydrolysis) is 1. The maximum Gasteiger partial charge on any atom is 0.408 e.